The first-order valence-electron chi connectivity index (χ1n) is 5.21. The minimum atomic E-state index is 0.223. The fourth-order valence-corrected chi connectivity index (χ4v) is 2.15. The molecule has 1 saturated carbocycles. The molecule has 0 radical (unpaired) electrons. The minimum absolute atomic E-state index is 0.223. The van der Waals surface area contributed by atoms with Crippen LogP contribution in [0.5, 0.6) is 0 Å². The van der Waals surface area contributed by atoms with Gasteiger partial charge in [0, 0.05) is 28.5 Å². The van der Waals surface area contributed by atoms with Crippen molar-refractivity contribution in [2.45, 2.75) is 19.3 Å². The smallest absolute Gasteiger partial charge is 0.0628 e. The Labute approximate surface area is 109 Å². The summed E-state index contributed by atoms with van der Waals surface area (Å²) in [7, 11) is 0. The lowest BCUT2D eigenvalue weighted by molar-refractivity contribution is 0.557. The van der Waals surface area contributed by atoms with E-state index in [1.165, 1.54) is 0 Å². The number of anilines is 1. The van der Waals surface area contributed by atoms with Crippen molar-refractivity contribution in [2.75, 3.05) is 11.9 Å². The fourth-order valence-electron chi connectivity index (χ4n) is 1.66. The summed E-state index contributed by atoms with van der Waals surface area (Å²) >= 11 is 9.30. The molecule has 1 fully saturated rings. The van der Waals surface area contributed by atoms with E-state index >= 15 is 0 Å². The van der Waals surface area contributed by atoms with Crippen LogP contribution in [0.2, 0.25) is 5.02 Å². The van der Waals surface area contributed by atoms with Gasteiger partial charge >= 0.3 is 0 Å². The van der Waals surface area contributed by atoms with Crippen molar-refractivity contribution in [3.63, 3.8) is 0 Å². The fraction of sp³-hybridized carbons (Fsp3) is 0.417. The van der Waals surface area contributed by atoms with Crippen molar-refractivity contribution >= 4 is 33.2 Å². The molecule has 1 aliphatic rings. The molecular formula is C12H12BrClN2. The van der Waals surface area contributed by atoms with Crippen LogP contribution in [0.25, 0.3) is 0 Å². The summed E-state index contributed by atoms with van der Waals surface area (Å²) in [6, 6.07) is 8.03. The molecule has 1 N–H and O–H groups in total. The van der Waals surface area contributed by atoms with Gasteiger partial charge < -0.3 is 5.32 Å². The summed E-state index contributed by atoms with van der Waals surface area (Å²) in [5, 5.41) is 12.8. The molecule has 2 nitrogen and oxygen atoms in total. The van der Waals surface area contributed by atoms with Crippen LogP contribution in [-0.2, 0) is 0 Å². The average molecular weight is 300 g/mol. The first kappa shape index (κ1) is 11.8. The lowest BCUT2D eigenvalue weighted by atomic mass is 10.0. The third-order valence-corrected chi connectivity index (χ3v) is 4.21. The molecule has 0 bridgehead atoms. The molecule has 2 rings (SSSR count). The second kappa shape index (κ2) is 4.65. The van der Waals surface area contributed by atoms with E-state index in [0.29, 0.717) is 11.4 Å². The molecule has 0 aliphatic heterocycles. The van der Waals surface area contributed by atoms with Gasteiger partial charge in [-0.3, -0.25) is 0 Å². The molecule has 0 aromatic heterocycles. The largest absolute Gasteiger partial charge is 0.384 e. The lowest BCUT2D eigenvalue weighted by Crippen LogP contribution is -2.14. The van der Waals surface area contributed by atoms with Crippen molar-refractivity contribution in [1.82, 2.24) is 0 Å². The highest BCUT2D eigenvalue weighted by Crippen LogP contribution is 2.48. The number of nitrogens with one attached hydrogen (secondary N) is 1. The van der Waals surface area contributed by atoms with Gasteiger partial charge in [0.05, 0.1) is 11.1 Å². The van der Waals surface area contributed by atoms with Crippen molar-refractivity contribution in [2.24, 2.45) is 5.41 Å². The number of halogens is 2. The van der Waals surface area contributed by atoms with Crippen LogP contribution in [0.4, 0.5) is 5.69 Å². The van der Waals surface area contributed by atoms with E-state index < -0.39 is 0 Å². The van der Waals surface area contributed by atoms with E-state index in [2.05, 4.69) is 27.3 Å². The van der Waals surface area contributed by atoms with Gasteiger partial charge in [-0.05, 0) is 47.0 Å². The summed E-state index contributed by atoms with van der Waals surface area (Å²) < 4.78 is 0.893. The van der Waals surface area contributed by atoms with E-state index in [9.17, 15) is 0 Å². The molecular weight excluding hydrogens is 288 g/mol. The summed E-state index contributed by atoms with van der Waals surface area (Å²) in [4.78, 5) is 0. The van der Waals surface area contributed by atoms with Gasteiger partial charge in [-0.15, -0.1) is 0 Å². The molecule has 0 unspecified atom stereocenters. The van der Waals surface area contributed by atoms with Crippen molar-refractivity contribution in [3.8, 4) is 6.07 Å². The van der Waals surface area contributed by atoms with E-state index in [0.717, 1.165) is 29.5 Å². The van der Waals surface area contributed by atoms with Crippen LogP contribution in [0, 0.1) is 16.7 Å². The zero-order valence-corrected chi connectivity index (χ0v) is 11.1. The predicted molar refractivity (Wildman–Crippen MR) is 69.5 cm³/mol. The third kappa shape index (κ3) is 2.69. The van der Waals surface area contributed by atoms with E-state index in [-0.39, 0.29) is 5.41 Å². The van der Waals surface area contributed by atoms with Gasteiger partial charge in [0.2, 0.25) is 0 Å². The highest BCUT2D eigenvalue weighted by molar-refractivity contribution is 9.10. The number of hydrogen-bond acceptors (Lipinski definition) is 2. The van der Waals surface area contributed by atoms with Gasteiger partial charge in [0.15, 0.2) is 0 Å². The highest BCUT2D eigenvalue weighted by Gasteiger charge is 2.42. The van der Waals surface area contributed by atoms with E-state index in [4.69, 9.17) is 16.9 Å². The molecule has 16 heavy (non-hydrogen) atoms. The molecule has 1 aromatic carbocycles. The second-order valence-corrected chi connectivity index (χ2v) is 5.58. The second-order valence-electron chi connectivity index (χ2n) is 4.32. The maximum absolute atomic E-state index is 8.72. The van der Waals surface area contributed by atoms with Crippen molar-refractivity contribution in [3.05, 3.63) is 27.7 Å². The van der Waals surface area contributed by atoms with E-state index in [1.807, 2.05) is 18.2 Å². The Bertz CT molecular complexity index is 435. The quantitative estimate of drug-likeness (QED) is 0.904. The molecule has 0 spiro atoms. The van der Waals surface area contributed by atoms with Gasteiger partial charge in [-0.2, -0.15) is 5.26 Å². The SMILES string of the molecule is N#CCC1(CNc2ccc(Cl)c(Br)c2)CC1. The highest BCUT2D eigenvalue weighted by atomic mass is 79.9. The molecule has 0 heterocycles. The van der Waals surface area contributed by atoms with Crippen LogP contribution in [0.1, 0.15) is 19.3 Å². The Morgan fingerprint density at radius 2 is 2.25 bits per heavy atom. The van der Waals surface area contributed by atoms with Crippen LogP contribution in [0.3, 0.4) is 0 Å². The Balaban J connectivity index is 1.95. The maximum atomic E-state index is 8.72. The van der Waals surface area contributed by atoms with Crippen molar-refractivity contribution < 1.29 is 0 Å². The summed E-state index contributed by atoms with van der Waals surface area (Å²) in [5.41, 5.74) is 1.27. The monoisotopic (exact) mass is 298 g/mol. The number of rotatable bonds is 4. The zero-order valence-electron chi connectivity index (χ0n) is 8.76. The standard InChI is InChI=1S/C12H12BrClN2/c13-10-7-9(1-2-11(10)14)16-8-12(3-4-12)5-6-15/h1-2,7,16H,3-5,8H2. The summed E-state index contributed by atoms with van der Waals surface area (Å²) in [6.45, 7) is 0.870. The summed E-state index contributed by atoms with van der Waals surface area (Å²) in [5.74, 6) is 0. The predicted octanol–water partition coefficient (Wildman–Crippen LogP) is 4.21. The Kier molecular flexibility index (Phi) is 3.41. The first-order valence-corrected chi connectivity index (χ1v) is 6.38. The molecule has 0 atom stereocenters. The maximum Gasteiger partial charge on any atom is 0.0628 e. The summed E-state index contributed by atoms with van der Waals surface area (Å²) in [6.07, 6.45) is 2.96. The molecule has 1 aromatic rings. The van der Waals surface area contributed by atoms with E-state index in [1.54, 1.807) is 0 Å². The molecule has 84 valence electrons. The molecule has 1 aliphatic carbocycles. The van der Waals surface area contributed by atoms with Gasteiger partial charge in [-0.25, -0.2) is 0 Å². The molecule has 4 heteroatoms. The average Bonchev–Trinajstić information content (AvgIpc) is 3.01. The number of benzene rings is 1. The topological polar surface area (TPSA) is 35.8 Å². The molecule has 0 saturated heterocycles. The first-order chi connectivity index (χ1) is 7.65. The normalized spacial score (nSPS) is 16.6. The van der Waals surface area contributed by atoms with Crippen LogP contribution >= 0.6 is 27.5 Å². The van der Waals surface area contributed by atoms with Gasteiger partial charge in [0.1, 0.15) is 0 Å². The van der Waals surface area contributed by atoms with Gasteiger partial charge in [-0.1, -0.05) is 11.6 Å². The Morgan fingerprint density at radius 1 is 1.50 bits per heavy atom. The minimum Gasteiger partial charge on any atom is -0.384 e. The Hall–Kier alpha value is -0.720. The van der Waals surface area contributed by atoms with Crippen molar-refractivity contribution in [1.29, 1.82) is 5.26 Å². The number of nitrogens with zero attached hydrogens (tertiary/aromatic N) is 1. The van der Waals surface area contributed by atoms with Crippen LogP contribution in [-0.4, -0.2) is 6.54 Å². The Morgan fingerprint density at radius 3 is 2.81 bits per heavy atom. The molecule has 0 amide bonds. The third-order valence-electron chi connectivity index (χ3n) is 3.00. The zero-order chi connectivity index (χ0) is 11.6. The number of hydrogen-bond donors (Lipinski definition) is 1. The number of nitriles is 1. The lowest BCUT2D eigenvalue weighted by Gasteiger charge is -2.13. The van der Waals surface area contributed by atoms with Gasteiger partial charge in [0.25, 0.3) is 0 Å². The van der Waals surface area contributed by atoms with Crippen LogP contribution < -0.4 is 5.32 Å². The van der Waals surface area contributed by atoms with Crippen LogP contribution in [0.15, 0.2) is 22.7 Å².